The van der Waals surface area contributed by atoms with Crippen molar-refractivity contribution < 1.29 is 0 Å². The monoisotopic (exact) mass is 576 g/mol. The summed E-state index contributed by atoms with van der Waals surface area (Å²) in [6.07, 6.45) is 2.05. The highest BCUT2D eigenvalue weighted by Gasteiger charge is 2.21. The number of pyridine rings is 1. The smallest absolute Gasteiger partial charge is 0.145 e. The number of benzene rings is 7. The van der Waals surface area contributed by atoms with Gasteiger partial charge in [-0.25, -0.2) is 4.98 Å². The Morgan fingerprint density at radius 3 is 2.11 bits per heavy atom. The number of aromatic nitrogens is 2. The zero-order valence-electron chi connectivity index (χ0n) is 23.7. The number of nitrogens with zero attached hydrogens (tertiary/aromatic N) is 2. The van der Waals surface area contributed by atoms with Gasteiger partial charge in [-0.1, -0.05) is 103 Å². The standard InChI is InChI=1S/C41H24N2S/c1-2-9-25(10-3-1)34-24-42-41(32-14-5-4-12-30(32)34)43-35-15-8-11-26-17-18-28-21-29(23-36(43)40(28)39(26)35)27-19-20-38-33(22-27)31-13-6-7-16-37(31)44-38/h1-24H. The molecule has 204 valence electrons. The van der Waals surface area contributed by atoms with E-state index in [-0.39, 0.29) is 0 Å². The van der Waals surface area contributed by atoms with E-state index in [0.29, 0.717) is 0 Å². The Bertz CT molecular complexity index is 2710. The lowest BCUT2D eigenvalue weighted by atomic mass is 9.96. The van der Waals surface area contributed by atoms with Crippen molar-refractivity contribution in [2.24, 2.45) is 0 Å². The van der Waals surface area contributed by atoms with Crippen LogP contribution in [0.1, 0.15) is 0 Å². The molecule has 0 aliphatic carbocycles. The van der Waals surface area contributed by atoms with E-state index in [1.165, 1.54) is 74.8 Å². The number of thiophene rings is 1. The third kappa shape index (κ3) is 3.33. The minimum atomic E-state index is 0.960. The molecule has 0 unspecified atom stereocenters. The first kappa shape index (κ1) is 24.0. The predicted molar refractivity (Wildman–Crippen MR) is 189 cm³/mol. The molecular weight excluding hydrogens is 553 g/mol. The highest BCUT2D eigenvalue weighted by molar-refractivity contribution is 7.25. The van der Waals surface area contributed by atoms with Gasteiger partial charge in [-0.2, -0.15) is 0 Å². The Balaban J connectivity index is 1.29. The molecule has 0 saturated heterocycles. The first-order valence-electron chi connectivity index (χ1n) is 15.0. The lowest BCUT2D eigenvalue weighted by Gasteiger charge is -2.14. The summed E-state index contributed by atoms with van der Waals surface area (Å²) in [6, 6.07) is 50.8. The van der Waals surface area contributed by atoms with Crippen LogP contribution < -0.4 is 0 Å². The maximum Gasteiger partial charge on any atom is 0.145 e. The van der Waals surface area contributed by atoms with Gasteiger partial charge in [0.1, 0.15) is 5.82 Å². The molecular formula is C41H24N2S. The van der Waals surface area contributed by atoms with Crippen LogP contribution in [0.15, 0.2) is 146 Å². The largest absolute Gasteiger partial charge is 0.293 e. The summed E-state index contributed by atoms with van der Waals surface area (Å²) in [5, 5.41) is 10.1. The van der Waals surface area contributed by atoms with E-state index in [2.05, 4.69) is 144 Å². The molecule has 0 amide bonds. The van der Waals surface area contributed by atoms with E-state index in [9.17, 15) is 0 Å². The van der Waals surface area contributed by atoms with Crippen LogP contribution in [0.25, 0.3) is 91.6 Å². The van der Waals surface area contributed by atoms with Gasteiger partial charge in [-0.3, -0.25) is 4.57 Å². The van der Waals surface area contributed by atoms with Crippen molar-refractivity contribution in [3.05, 3.63) is 146 Å². The third-order valence-electron chi connectivity index (χ3n) is 9.18. The third-order valence-corrected chi connectivity index (χ3v) is 10.3. The molecule has 10 aromatic rings. The summed E-state index contributed by atoms with van der Waals surface area (Å²) < 4.78 is 5.05. The van der Waals surface area contributed by atoms with Crippen molar-refractivity contribution in [2.75, 3.05) is 0 Å². The fourth-order valence-electron chi connectivity index (χ4n) is 7.20. The van der Waals surface area contributed by atoms with Gasteiger partial charge < -0.3 is 0 Å². The van der Waals surface area contributed by atoms with Gasteiger partial charge in [0, 0.05) is 48.1 Å². The van der Waals surface area contributed by atoms with E-state index in [1.807, 2.05) is 17.5 Å². The van der Waals surface area contributed by atoms with Crippen molar-refractivity contribution in [3.8, 4) is 28.1 Å². The zero-order valence-corrected chi connectivity index (χ0v) is 24.5. The van der Waals surface area contributed by atoms with Gasteiger partial charge >= 0.3 is 0 Å². The quantitative estimate of drug-likeness (QED) is 0.191. The summed E-state index contributed by atoms with van der Waals surface area (Å²) in [6.45, 7) is 0. The SMILES string of the molecule is c1ccc(-c2cnc(-n3c4cccc5ccc6cc(-c7ccc8sc9ccccc9c8c7)cc3c6c54)c3ccccc23)cc1. The average molecular weight is 577 g/mol. The lowest BCUT2D eigenvalue weighted by molar-refractivity contribution is 1.10. The summed E-state index contributed by atoms with van der Waals surface area (Å²) in [7, 11) is 0. The van der Waals surface area contributed by atoms with Gasteiger partial charge in [0.25, 0.3) is 0 Å². The fraction of sp³-hybridized carbons (Fsp3) is 0. The number of rotatable bonds is 3. The van der Waals surface area contributed by atoms with Gasteiger partial charge in [-0.05, 0) is 69.2 Å². The van der Waals surface area contributed by atoms with E-state index in [4.69, 9.17) is 4.98 Å². The summed E-state index contributed by atoms with van der Waals surface area (Å²) >= 11 is 1.86. The second-order valence-electron chi connectivity index (χ2n) is 11.6. The van der Waals surface area contributed by atoms with Crippen LogP contribution >= 0.6 is 11.3 Å². The fourth-order valence-corrected chi connectivity index (χ4v) is 8.28. The topological polar surface area (TPSA) is 17.8 Å². The first-order chi connectivity index (χ1) is 21.8. The van der Waals surface area contributed by atoms with Crippen LogP contribution in [-0.2, 0) is 0 Å². The summed E-state index contributed by atoms with van der Waals surface area (Å²) in [5.74, 6) is 0.960. The van der Waals surface area contributed by atoms with Crippen molar-refractivity contribution in [1.82, 2.24) is 9.55 Å². The van der Waals surface area contributed by atoms with Crippen molar-refractivity contribution in [1.29, 1.82) is 0 Å². The minimum absolute atomic E-state index is 0.960. The van der Waals surface area contributed by atoms with Crippen LogP contribution in [0.3, 0.4) is 0 Å². The molecule has 44 heavy (non-hydrogen) atoms. The molecule has 3 heteroatoms. The molecule has 3 heterocycles. The minimum Gasteiger partial charge on any atom is -0.293 e. The predicted octanol–water partition coefficient (Wildman–Crippen LogP) is 11.6. The Morgan fingerprint density at radius 1 is 0.455 bits per heavy atom. The molecule has 0 aliphatic heterocycles. The lowest BCUT2D eigenvalue weighted by Crippen LogP contribution is -2.00. The Morgan fingerprint density at radius 2 is 1.20 bits per heavy atom. The van der Waals surface area contributed by atoms with Crippen LogP contribution in [0, 0.1) is 0 Å². The number of hydrogen-bond acceptors (Lipinski definition) is 2. The number of fused-ring (bicyclic) bond motifs is 4. The van der Waals surface area contributed by atoms with Gasteiger partial charge in [0.05, 0.1) is 11.0 Å². The van der Waals surface area contributed by atoms with Gasteiger partial charge in [-0.15, -0.1) is 11.3 Å². The maximum absolute atomic E-state index is 5.22. The maximum atomic E-state index is 5.22. The highest BCUT2D eigenvalue weighted by Crippen LogP contribution is 2.43. The van der Waals surface area contributed by atoms with E-state index >= 15 is 0 Å². The molecule has 0 radical (unpaired) electrons. The molecule has 0 fully saturated rings. The van der Waals surface area contributed by atoms with Crippen LogP contribution in [-0.4, -0.2) is 9.55 Å². The molecule has 0 aliphatic rings. The Hall–Kier alpha value is -5.51. The Labute approximate surface area is 257 Å². The Kier molecular flexibility index (Phi) is 4.90. The second-order valence-corrected chi connectivity index (χ2v) is 12.7. The molecule has 0 spiro atoms. The molecule has 3 aromatic heterocycles. The van der Waals surface area contributed by atoms with Crippen LogP contribution in [0.4, 0.5) is 0 Å². The van der Waals surface area contributed by atoms with Crippen molar-refractivity contribution >= 4 is 74.9 Å². The highest BCUT2D eigenvalue weighted by atomic mass is 32.1. The molecule has 0 saturated carbocycles. The first-order valence-corrected chi connectivity index (χ1v) is 15.8. The molecule has 0 bridgehead atoms. The number of hydrogen-bond donors (Lipinski definition) is 0. The molecule has 0 N–H and O–H groups in total. The van der Waals surface area contributed by atoms with Crippen molar-refractivity contribution in [3.63, 3.8) is 0 Å². The van der Waals surface area contributed by atoms with Crippen molar-refractivity contribution in [2.45, 2.75) is 0 Å². The molecule has 0 atom stereocenters. The van der Waals surface area contributed by atoms with E-state index in [0.717, 1.165) is 16.8 Å². The average Bonchev–Trinajstić information content (AvgIpc) is 3.63. The molecule has 10 rings (SSSR count). The molecule has 7 aromatic carbocycles. The summed E-state index contributed by atoms with van der Waals surface area (Å²) in [5.41, 5.74) is 7.14. The summed E-state index contributed by atoms with van der Waals surface area (Å²) in [4.78, 5) is 5.22. The second kappa shape index (κ2) is 9.00. The zero-order chi connectivity index (χ0) is 28.8. The van der Waals surface area contributed by atoms with Gasteiger partial charge in [0.15, 0.2) is 0 Å². The molecule has 2 nitrogen and oxygen atoms in total. The van der Waals surface area contributed by atoms with E-state index < -0.39 is 0 Å². The van der Waals surface area contributed by atoms with E-state index in [1.54, 1.807) is 0 Å². The van der Waals surface area contributed by atoms with Crippen LogP contribution in [0.2, 0.25) is 0 Å². The van der Waals surface area contributed by atoms with Gasteiger partial charge in [0.2, 0.25) is 0 Å². The van der Waals surface area contributed by atoms with Crippen LogP contribution in [0.5, 0.6) is 0 Å². The normalized spacial score (nSPS) is 12.1.